The highest BCUT2D eigenvalue weighted by Crippen LogP contribution is 2.15. The van der Waals surface area contributed by atoms with Gasteiger partial charge in [-0.25, -0.2) is 12.8 Å². The Morgan fingerprint density at radius 2 is 2.00 bits per heavy atom. The van der Waals surface area contributed by atoms with Gasteiger partial charge in [0.15, 0.2) is 5.96 Å². The third-order valence-electron chi connectivity index (χ3n) is 3.77. The zero-order valence-electron chi connectivity index (χ0n) is 15.0. The van der Waals surface area contributed by atoms with Crippen LogP contribution in [0.25, 0.3) is 0 Å². The monoisotopic (exact) mass is 496 g/mol. The van der Waals surface area contributed by atoms with Crippen LogP contribution in [-0.2, 0) is 10.0 Å². The number of sulfonamides is 1. The van der Waals surface area contributed by atoms with Gasteiger partial charge in [0.1, 0.15) is 5.82 Å². The van der Waals surface area contributed by atoms with Crippen molar-refractivity contribution in [1.29, 1.82) is 0 Å². The number of hydrogen-bond donors (Lipinski definition) is 3. The Hall–Kier alpha value is -1.36. The smallest absolute Gasteiger partial charge is 0.234 e. The number of nitrogens with one attached hydrogen (secondary N) is 3. The highest BCUT2D eigenvalue weighted by molar-refractivity contribution is 14.0. The topological polar surface area (TPSA) is 82.6 Å². The standard InChI is InChI=1S/C17H25FN4O2S.HI/c1-3-19-17(21-14-6-4-5-7-14)20-10-11-25(23,24)22-15-9-8-13(2)16(18)12-15;/h4-5,8-9,12,14,22H,3,6-7,10-11H2,1-2H3,(H2,19,20,21);1H. The molecule has 3 N–H and O–H groups in total. The molecule has 0 aromatic heterocycles. The second-order valence-corrected chi connectivity index (χ2v) is 7.77. The number of benzene rings is 1. The fourth-order valence-corrected chi connectivity index (χ4v) is 3.33. The Morgan fingerprint density at radius 3 is 2.62 bits per heavy atom. The molecule has 0 aliphatic heterocycles. The van der Waals surface area contributed by atoms with Crippen molar-refractivity contribution in [2.45, 2.75) is 32.7 Å². The highest BCUT2D eigenvalue weighted by Gasteiger charge is 2.13. The Labute approximate surface area is 171 Å². The number of guanidine groups is 1. The van der Waals surface area contributed by atoms with Gasteiger partial charge in [-0.3, -0.25) is 9.71 Å². The van der Waals surface area contributed by atoms with Crippen LogP contribution in [0.5, 0.6) is 0 Å². The number of rotatable bonds is 7. The van der Waals surface area contributed by atoms with Crippen LogP contribution in [0.1, 0.15) is 25.3 Å². The van der Waals surface area contributed by atoms with E-state index < -0.39 is 15.8 Å². The largest absolute Gasteiger partial charge is 0.357 e. The van der Waals surface area contributed by atoms with Gasteiger partial charge in [-0.2, -0.15) is 0 Å². The predicted octanol–water partition coefficient (Wildman–Crippen LogP) is 2.77. The second-order valence-electron chi connectivity index (χ2n) is 5.93. The normalized spacial score (nSPS) is 14.8. The molecule has 0 saturated heterocycles. The van der Waals surface area contributed by atoms with Crippen molar-refractivity contribution in [1.82, 2.24) is 10.6 Å². The fraction of sp³-hybridized carbons (Fsp3) is 0.471. The zero-order valence-corrected chi connectivity index (χ0v) is 18.1. The first-order valence-corrected chi connectivity index (χ1v) is 10.0. The molecule has 0 heterocycles. The number of nitrogens with zero attached hydrogens (tertiary/aromatic N) is 1. The van der Waals surface area contributed by atoms with Crippen molar-refractivity contribution in [2.75, 3.05) is 23.6 Å². The van der Waals surface area contributed by atoms with Crippen molar-refractivity contribution in [3.63, 3.8) is 0 Å². The molecule has 2 rings (SSSR count). The molecule has 0 amide bonds. The van der Waals surface area contributed by atoms with Crippen molar-refractivity contribution in [3.8, 4) is 0 Å². The van der Waals surface area contributed by atoms with Gasteiger partial charge in [0.25, 0.3) is 0 Å². The van der Waals surface area contributed by atoms with Crippen LogP contribution < -0.4 is 15.4 Å². The molecule has 26 heavy (non-hydrogen) atoms. The predicted molar refractivity (Wildman–Crippen MR) is 115 cm³/mol. The maximum atomic E-state index is 13.5. The first-order chi connectivity index (χ1) is 11.9. The summed E-state index contributed by atoms with van der Waals surface area (Å²) >= 11 is 0. The van der Waals surface area contributed by atoms with Crippen molar-refractivity contribution < 1.29 is 12.8 Å². The maximum absolute atomic E-state index is 13.5. The van der Waals surface area contributed by atoms with Crippen LogP contribution in [0.2, 0.25) is 0 Å². The van der Waals surface area contributed by atoms with Crippen LogP contribution in [0.15, 0.2) is 35.3 Å². The molecule has 1 aliphatic carbocycles. The lowest BCUT2D eigenvalue weighted by Gasteiger charge is -2.16. The van der Waals surface area contributed by atoms with Crippen LogP contribution in [0.4, 0.5) is 10.1 Å². The maximum Gasteiger partial charge on any atom is 0.234 e. The summed E-state index contributed by atoms with van der Waals surface area (Å²) in [5, 5.41) is 6.38. The van der Waals surface area contributed by atoms with E-state index >= 15 is 0 Å². The molecule has 1 aromatic carbocycles. The van der Waals surface area contributed by atoms with Gasteiger partial charge >= 0.3 is 0 Å². The van der Waals surface area contributed by atoms with E-state index in [4.69, 9.17) is 0 Å². The molecule has 0 saturated carbocycles. The summed E-state index contributed by atoms with van der Waals surface area (Å²) in [6.07, 6.45) is 6.08. The minimum atomic E-state index is -3.59. The summed E-state index contributed by atoms with van der Waals surface area (Å²) in [6, 6.07) is 4.55. The summed E-state index contributed by atoms with van der Waals surface area (Å²) in [4.78, 5) is 4.31. The van der Waals surface area contributed by atoms with Gasteiger partial charge in [0.05, 0.1) is 18.0 Å². The second kappa shape index (κ2) is 10.7. The van der Waals surface area contributed by atoms with E-state index in [1.807, 2.05) is 6.92 Å². The fourth-order valence-electron chi connectivity index (χ4n) is 2.41. The molecule has 0 spiro atoms. The Balaban J connectivity index is 0.00000338. The number of halogens is 2. The molecule has 6 nitrogen and oxygen atoms in total. The quantitative estimate of drug-likeness (QED) is 0.235. The average Bonchev–Trinajstić information content (AvgIpc) is 3.03. The first-order valence-electron chi connectivity index (χ1n) is 8.36. The van der Waals surface area contributed by atoms with Crippen LogP contribution >= 0.6 is 24.0 Å². The Kier molecular flexibility index (Phi) is 9.34. The minimum Gasteiger partial charge on any atom is -0.357 e. The molecule has 1 aliphatic rings. The van der Waals surface area contributed by atoms with Gasteiger partial charge in [-0.1, -0.05) is 18.2 Å². The molecular weight excluding hydrogens is 470 g/mol. The van der Waals surface area contributed by atoms with Crippen molar-refractivity contribution >= 4 is 45.6 Å². The summed E-state index contributed by atoms with van der Waals surface area (Å²) < 4.78 is 40.1. The van der Waals surface area contributed by atoms with Crippen LogP contribution in [0, 0.1) is 12.7 Å². The number of aryl methyl sites for hydroxylation is 1. The molecule has 1 aromatic rings. The molecule has 0 radical (unpaired) electrons. The minimum absolute atomic E-state index is 0. The lowest BCUT2D eigenvalue weighted by Crippen LogP contribution is -2.42. The third-order valence-corrected chi connectivity index (χ3v) is 5.03. The first kappa shape index (κ1) is 22.7. The summed E-state index contributed by atoms with van der Waals surface area (Å²) in [5.74, 6) is -0.0167. The van der Waals surface area contributed by atoms with Gasteiger partial charge < -0.3 is 10.6 Å². The summed E-state index contributed by atoms with van der Waals surface area (Å²) in [7, 11) is -3.59. The molecule has 146 valence electrons. The van der Waals surface area contributed by atoms with E-state index in [2.05, 4.69) is 32.5 Å². The molecule has 0 bridgehead atoms. The molecule has 0 fully saturated rings. The van der Waals surface area contributed by atoms with E-state index in [0.29, 0.717) is 24.1 Å². The van der Waals surface area contributed by atoms with Gasteiger partial charge in [0.2, 0.25) is 10.0 Å². The van der Waals surface area contributed by atoms with Gasteiger partial charge in [-0.05, 0) is 44.4 Å². The number of anilines is 1. The lowest BCUT2D eigenvalue weighted by atomic mass is 10.2. The van der Waals surface area contributed by atoms with Crippen molar-refractivity contribution in [3.05, 3.63) is 41.7 Å². The van der Waals surface area contributed by atoms with E-state index in [-0.39, 0.29) is 42.0 Å². The molecular formula is C17H26FIN4O2S. The molecule has 0 atom stereocenters. The van der Waals surface area contributed by atoms with Gasteiger partial charge in [-0.15, -0.1) is 24.0 Å². The molecule has 9 heteroatoms. The summed E-state index contributed by atoms with van der Waals surface area (Å²) in [6.45, 7) is 4.38. The Morgan fingerprint density at radius 1 is 1.31 bits per heavy atom. The number of aliphatic imine (C=N–C) groups is 1. The number of hydrogen-bond acceptors (Lipinski definition) is 3. The van der Waals surface area contributed by atoms with Crippen molar-refractivity contribution in [2.24, 2.45) is 4.99 Å². The van der Waals surface area contributed by atoms with Crippen LogP contribution in [-0.4, -0.2) is 39.3 Å². The van der Waals surface area contributed by atoms with Gasteiger partial charge in [0, 0.05) is 12.6 Å². The van der Waals surface area contributed by atoms with Crippen LogP contribution in [0.3, 0.4) is 0 Å². The SMILES string of the molecule is CCNC(=NCCS(=O)(=O)Nc1ccc(C)c(F)c1)NC1CC=CC1.I. The van der Waals surface area contributed by atoms with E-state index in [9.17, 15) is 12.8 Å². The van der Waals surface area contributed by atoms with E-state index in [1.165, 1.54) is 18.2 Å². The highest BCUT2D eigenvalue weighted by atomic mass is 127. The zero-order chi connectivity index (χ0) is 18.3. The van der Waals surface area contributed by atoms with E-state index in [0.717, 1.165) is 12.8 Å². The third kappa shape index (κ3) is 7.48. The summed E-state index contributed by atoms with van der Waals surface area (Å²) in [5.41, 5.74) is 0.685. The van der Waals surface area contributed by atoms with E-state index in [1.54, 1.807) is 6.92 Å². The Bertz CT molecular complexity index is 745. The lowest BCUT2D eigenvalue weighted by molar-refractivity contribution is 0.600. The average molecular weight is 496 g/mol. The molecule has 0 unspecified atom stereocenters.